The molecule has 3 nitrogen and oxygen atoms in total. The summed E-state index contributed by atoms with van der Waals surface area (Å²) in [7, 11) is 0. The number of aromatic carboxylic acids is 1. The fourth-order valence-electron chi connectivity index (χ4n) is 2.33. The predicted octanol–water partition coefficient (Wildman–Crippen LogP) is 4.25. The summed E-state index contributed by atoms with van der Waals surface area (Å²) in [6.45, 7) is 0. The van der Waals surface area contributed by atoms with E-state index in [1.54, 1.807) is 18.2 Å². The number of carbonyl (C=O) groups is 1. The van der Waals surface area contributed by atoms with Crippen molar-refractivity contribution in [2.45, 2.75) is 6.42 Å². The first-order valence-electron chi connectivity index (χ1n) is 6.23. The molecule has 0 fully saturated rings. The molecular formula is C16H12ClNO2. The van der Waals surface area contributed by atoms with Gasteiger partial charge in [0.2, 0.25) is 0 Å². The van der Waals surface area contributed by atoms with E-state index < -0.39 is 5.97 Å². The van der Waals surface area contributed by atoms with E-state index in [0.717, 1.165) is 23.4 Å². The van der Waals surface area contributed by atoms with Gasteiger partial charge in [-0.05, 0) is 48.4 Å². The predicted molar refractivity (Wildman–Crippen MR) is 79.8 cm³/mol. The number of halogens is 1. The molecule has 0 bridgehead atoms. The monoisotopic (exact) mass is 285 g/mol. The van der Waals surface area contributed by atoms with Crippen LogP contribution in [0.2, 0.25) is 5.02 Å². The van der Waals surface area contributed by atoms with Crippen molar-refractivity contribution in [1.29, 1.82) is 0 Å². The van der Waals surface area contributed by atoms with Crippen LogP contribution in [0.25, 0.3) is 0 Å². The summed E-state index contributed by atoms with van der Waals surface area (Å²) in [4.78, 5) is 13.0. The molecule has 0 atom stereocenters. The molecule has 1 aliphatic rings. The molecule has 3 rings (SSSR count). The molecule has 0 unspecified atom stereocenters. The van der Waals surface area contributed by atoms with Gasteiger partial charge in [0.05, 0.1) is 5.56 Å². The number of hydrogen-bond donors (Lipinski definition) is 1. The zero-order chi connectivity index (χ0) is 14.1. The Balaban J connectivity index is 2.07. The zero-order valence-electron chi connectivity index (χ0n) is 10.6. The highest BCUT2D eigenvalue weighted by Crippen LogP contribution is 2.34. The Labute approximate surface area is 121 Å². The minimum Gasteiger partial charge on any atom is -0.478 e. The highest BCUT2D eigenvalue weighted by molar-refractivity contribution is 6.30. The van der Waals surface area contributed by atoms with Crippen LogP contribution in [0.3, 0.4) is 0 Å². The van der Waals surface area contributed by atoms with Gasteiger partial charge < -0.3 is 10.0 Å². The van der Waals surface area contributed by atoms with Crippen LogP contribution >= 0.6 is 11.6 Å². The van der Waals surface area contributed by atoms with Crippen LogP contribution in [-0.2, 0) is 6.42 Å². The number of rotatable bonds is 2. The third-order valence-corrected chi connectivity index (χ3v) is 3.50. The maximum Gasteiger partial charge on any atom is 0.335 e. The molecule has 20 heavy (non-hydrogen) atoms. The first kappa shape index (κ1) is 12.8. The average Bonchev–Trinajstić information content (AvgIpc) is 2.46. The van der Waals surface area contributed by atoms with E-state index in [9.17, 15) is 4.79 Å². The van der Waals surface area contributed by atoms with Gasteiger partial charge in [0.25, 0.3) is 0 Å². The summed E-state index contributed by atoms with van der Waals surface area (Å²) < 4.78 is 0. The maximum absolute atomic E-state index is 11.1. The second-order valence-corrected chi connectivity index (χ2v) is 5.02. The molecule has 1 N–H and O–H groups in total. The van der Waals surface area contributed by atoms with E-state index in [1.807, 2.05) is 41.4 Å². The summed E-state index contributed by atoms with van der Waals surface area (Å²) in [5.74, 6) is -0.927. The van der Waals surface area contributed by atoms with Gasteiger partial charge in [0.1, 0.15) is 0 Å². The smallest absolute Gasteiger partial charge is 0.335 e. The lowest BCUT2D eigenvalue weighted by Gasteiger charge is -2.27. The number of hydrogen-bond acceptors (Lipinski definition) is 2. The van der Waals surface area contributed by atoms with E-state index >= 15 is 0 Å². The summed E-state index contributed by atoms with van der Waals surface area (Å²) >= 11 is 6.02. The number of allylic oxidation sites excluding steroid dienone is 1. The Kier molecular flexibility index (Phi) is 3.20. The number of fused-ring (bicyclic) bond motifs is 1. The Bertz CT molecular complexity index is 709. The van der Waals surface area contributed by atoms with Gasteiger partial charge in [-0.15, -0.1) is 0 Å². The van der Waals surface area contributed by atoms with Gasteiger partial charge in [0, 0.05) is 22.6 Å². The normalized spacial score (nSPS) is 13.2. The van der Waals surface area contributed by atoms with Crippen molar-refractivity contribution in [3.63, 3.8) is 0 Å². The quantitative estimate of drug-likeness (QED) is 0.897. The van der Waals surface area contributed by atoms with E-state index in [2.05, 4.69) is 0 Å². The van der Waals surface area contributed by atoms with E-state index in [1.165, 1.54) is 0 Å². The highest BCUT2D eigenvalue weighted by Gasteiger charge is 2.15. The van der Waals surface area contributed by atoms with Gasteiger partial charge in [-0.2, -0.15) is 0 Å². The van der Waals surface area contributed by atoms with Crippen LogP contribution in [-0.4, -0.2) is 11.1 Å². The molecule has 0 spiro atoms. The lowest BCUT2D eigenvalue weighted by atomic mass is 10.0. The topological polar surface area (TPSA) is 40.5 Å². The van der Waals surface area contributed by atoms with Crippen LogP contribution in [0.4, 0.5) is 11.4 Å². The number of carboxylic acid groups (broad SMARTS) is 1. The molecule has 0 amide bonds. The summed E-state index contributed by atoms with van der Waals surface area (Å²) in [5, 5.41) is 9.79. The molecule has 1 heterocycles. The van der Waals surface area contributed by atoms with Gasteiger partial charge >= 0.3 is 5.97 Å². The summed E-state index contributed by atoms with van der Waals surface area (Å²) in [6, 6.07) is 12.6. The Morgan fingerprint density at radius 2 is 2.05 bits per heavy atom. The van der Waals surface area contributed by atoms with Crippen molar-refractivity contribution in [3.8, 4) is 0 Å². The number of nitrogens with zero attached hydrogens (tertiary/aromatic N) is 1. The number of anilines is 2. The minimum absolute atomic E-state index is 0.275. The molecule has 0 saturated carbocycles. The second kappa shape index (κ2) is 5.02. The molecule has 1 aliphatic heterocycles. The maximum atomic E-state index is 11.1. The van der Waals surface area contributed by atoms with Crippen LogP contribution in [0, 0.1) is 0 Å². The SMILES string of the molecule is O=C(O)c1cccc(N2C=CCc3cc(Cl)ccc32)c1. The zero-order valence-corrected chi connectivity index (χ0v) is 11.3. The van der Waals surface area contributed by atoms with Crippen molar-refractivity contribution in [2.24, 2.45) is 0 Å². The number of benzene rings is 2. The standard InChI is InChI=1S/C16H12ClNO2/c17-13-6-7-15-11(9-13)4-2-8-18(15)14-5-1-3-12(10-14)16(19)20/h1-3,5-10H,4H2,(H,19,20). The first-order valence-corrected chi connectivity index (χ1v) is 6.60. The van der Waals surface area contributed by atoms with Crippen molar-refractivity contribution in [2.75, 3.05) is 4.90 Å². The molecule has 0 radical (unpaired) electrons. The summed E-state index contributed by atoms with van der Waals surface area (Å²) in [6.07, 6.45) is 4.81. The Morgan fingerprint density at radius 1 is 1.20 bits per heavy atom. The molecule has 2 aromatic rings. The van der Waals surface area contributed by atoms with Crippen LogP contribution in [0.15, 0.2) is 54.7 Å². The second-order valence-electron chi connectivity index (χ2n) is 4.59. The van der Waals surface area contributed by atoms with Gasteiger partial charge in [-0.3, -0.25) is 0 Å². The molecule has 0 aliphatic carbocycles. The van der Waals surface area contributed by atoms with E-state index in [4.69, 9.17) is 16.7 Å². The summed E-state index contributed by atoms with van der Waals surface area (Å²) in [5.41, 5.74) is 3.25. The van der Waals surface area contributed by atoms with Crippen molar-refractivity contribution in [1.82, 2.24) is 0 Å². The Morgan fingerprint density at radius 3 is 2.85 bits per heavy atom. The lowest BCUT2D eigenvalue weighted by molar-refractivity contribution is 0.0697. The fourth-order valence-corrected chi connectivity index (χ4v) is 2.53. The number of carboxylic acids is 1. The molecular weight excluding hydrogens is 274 g/mol. The fraction of sp³-hybridized carbons (Fsp3) is 0.0625. The Hall–Kier alpha value is -2.26. The lowest BCUT2D eigenvalue weighted by Crippen LogP contribution is -2.14. The molecule has 0 saturated heterocycles. The van der Waals surface area contributed by atoms with Crippen LogP contribution in [0.1, 0.15) is 15.9 Å². The van der Waals surface area contributed by atoms with Crippen molar-refractivity contribution in [3.05, 3.63) is 70.9 Å². The molecule has 4 heteroatoms. The van der Waals surface area contributed by atoms with Crippen molar-refractivity contribution < 1.29 is 9.90 Å². The molecule has 100 valence electrons. The first-order chi connectivity index (χ1) is 9.65. The average molecular weight is 286 g/mol. The highest BCUT2D eigenvalue weighted by atomic mass is 35.5. The minimum atomic E-state index is -0.927. The van der Waals surface area contributed by atoms with Gasteiger partial charge in [-0.25, -0.2) is 4.79 Å². The van der Waals surface area contributed by atoms with Gasteiger partial charge in [-0.1, -0.05) is 23.7 Å². The van der Waals surface area contributed by atoms with Gasteiger partial charge in [0.15, 0.2) is 0 Å². The van der Waals surface area contributed by atoms with Crippen molar-refractivity contribution >= 4 is 28.9 Å². The third-order valence-electron chi connectivity index (χ3n) is 3.26. The van der Waals surface area contributed by atoms with Crippen LogP contribution < -0.4 is 4.90 Å². The molecule has 0 aromatic heterocycles. The largest absolute Gasteiger partial charge is 0.478 e. The van der Waals surface area contributed by atoms with Crippen LogP contribution in [0.5, 0.6) is 0 Å². The molecule has 2 aromatic carbocycles. The van der Waals surface area contributed by atoms with E-state index in [-0.39, 0.29) is 5.56 Å². The van der Waals surface area contributed by atoms with E-state index in [0.29, 0.717) is 5.02 Å². The third kappa shape index (κ3) is 2.28.